The van der Waals surface area contributed by atoms with Crippen LogP contribution in [0.3, 0.4) is 0 Å². The molecule has 3 aromatic rings. The fraction of sp³-hybridized carbons (Fsp3) is 0.133. The number of pyridine rings is 1. The molecular formula is C15H14N+. The van der Waals surface area contributed by atoms with E-state index in [2.05, 4.69) is 61.3 Å². The molecule has 0 fully saturated rings. The molecule has 0 unspecified atom stereocenters. The van der Waals surface area contributed by atoms with Crippen LogP contribution in [0.5, 0.6) is 0 Å². The average molecular weight is 208 g/mol. The second-order valence-electron chi connectivity index (χ2n) is 4.45. The summed E-state index contributed by atoms with van der Waals surface area (Å²) >= 11 is 0. The summed E-state index contributed by atoms with van der Waals surface area (Å²) < 4.78 is 0. The van der Waals surface area contributed by atoms with Crippen molar-refractivity contribution >= 4 is 21.8 Å². The molecule has 0 saturated carbocycles. The minimum atomic E-state index is 1.20. The fourth-order valence-corrected chi connectivity index (χ4v) is 2.14. The first-order valence-corrected chi connectivity index (χ1v) is 5.55. The molecule has 0 bridgehead atoms. The number of benzene rings is 2. The van der Waals surface area contributed by atoms with Gasteiger partial charge in [-0.3, -0.25) is 0 Å². The van der Waals surface area contributed by atoms with Crippen molar-refractivity contribution in [3.63, 3.8) is 0 Å². The number of hydrogen-bond acceptors (Lipinski definition) is 0. The van der Waals surface area contributed by atoms with Gasteiger partial charge in [-0.05, 0) is 32.0 Å². The highest BCUT2D eigenvalue weighted by atomic mass is 14.7. The van der Waals surface area contributed by atoms with Crippen LogP contribution in [0.4, 0.5) is 0 Å². The molecule has 0 saturated heterocycles. The van der Waals surface area contributed by atoms with Gasteiger partial charge in [-0.25, -0.2) is 4.98 Å². The summed E-state index contributed by atoms with van der Waals surface area (Å²) in [5.41, 5.74) is 4.99. The van der Waals surface area contributed by atoms with Crippen LogP contribution in [0, 0.1) is 13.8 Å². The zero-order valence-electron chi connectivity index (χ0n) is 9.54. The Morgan fingerprint density at radius 2 is 1.19 bits per heavy atom. The molecule has 0 aliphatic carbocycles. The summed E-state index contributed by atoms with van der Waals surface area (Å²) in [5.74, 6) is 0. The second-order valence-corrected chi connectivity index (χ2v) is 4.45. The first kappa shape index (κ1) is 9.34. The molecule has 1 heterocycles. The zero-order valence-corrected chi connectivity index (χ0v) is 9.54. The number of hydrogen-bond donors (Lipinski definition) is 0. The third kappa shape index (κ3) is 1.45. The normalized spacial score (nSPS) is 11.1. The maximum absolute atomic E-state index is 3.46. The largest absolute Gasteiger partial charge is 0.211 e. The maximum Gasteiger partial charge on any atom is 0.211 e. The van der Waals surface area contributed by atoms with E-state index in [0.29, 0.717) is 0 Å². The molecule has 1 nitrogen and oxygen atoms in total. The van der Waals surface area contributed by atoms with Crippen molar-refractivity contribution < 1.29 is 4.98 Å². The van der Waals surface area contributed by atoms with Crippen LogP contribution in [-0.2, 0) is 0 Å². The molecule has 1 heteroatoms. The molecule has 0 spiro atoms. The maximum atomic E-state index is 3.46. The molecule has 1 aromatic heterocycles. The first-order chi connectivity index (χ1) is 7.72. The summed E-state index contributed by atoms with van der Waals surface area (Å²) in [6.45, 7) is 4.25. The molecule has 16 heavy (non-hydrogen) atoms. The summed E-state index contributed by atoms with van der Waals surface area (Å²) in [6.07, 6.45) is 0. The van der Waals surface area contributed by atoms with E-state index in [0.717, 1.165) is 0 Å². The number of aryl methyl sites for hydroxylation is 2. The van der Waals surface area contributed by atoms with Crippen molar-refractivity contribution in [3.05, 3.63) is 53.6 Å². The molecule has 0 aliphatic rings. The van der Waals surface area contributed by atoms with Gasteiger partial charge in [-0.2, -0.15) is 0 Å². The van der Waals surface area contributed by atoms with Crippen molar-refractivity contribution in [1.82, 2.24) is 0 Å². The van der Waals surface area contributed by atoms with Gasteiger partial charge in [0, 0.05) is 22.9 Å². The molecule has 0 radical (unpaired) electrons. The minimum Gasteiger partial charge on any atom is -0.204 e. The van der Waals surface area contributed by atoms with Gasteiger partial charge in [0.05, 0.1) is 0 Å². The molecule has 3 rings (SSSR count). The Morgan fingerprint density at radius 1 is 0.688 bits per heavy atom. The Hall–Kier alpha value is -1.89. The third-order valence-electron chi connectivity index (χ3n) is 2.99. The third-order valence-corrected chi connectivity index (χ3v) is 2.99. The van der Waals surface area contributed by atoms with E-state index in [-0.39, 0.29) is 0 Å². The highest BCUT2D eigenvalue weighted by Gasteiger charge is 2.05. The molecule has 0 aliphatic heterocycles. The predicted molar refractivity (Wildman–Crippen MR) is 67.5 cm³/mol. The van der Waals surface area contributed by atoms with E-state index >= 15 is 0 Å². The smallest absolute Gasteiger partial charge is 0.204 e. The standard InChI is InChI=1S/C15H13N/c1-10-3-5-14-12(7-10)9-13-8-11(2)4-6-15(13)16-14/h3-9H,1-2H3/p+1. The van der Waals surface area contributed by atoms with E-state index < -0.39 is 0 Å². The molecule has 0 amide bonds. The van der Waals surface area contributed by atoms with Crippen LogP contribution in [-0.4, -0.2) is 0 Å². The average Bonchev–Trinajstić information content (AvgIpc) is 2.26. The van der Waals surface area contributed by atoms with Gasteiger partial charge in [0.2, 0.25) is 11.0 Å². The van der Waals surface area contributed by atoms with E-state index in [1.807, 2.05) is 0 Å². The van der Waals surface area contributed by atoms with Crippen molar-refractivity contribution in [2.45, 2.75) is 13.8 Å². The van der Waals surface area contributed by atoms with E-state index in [1.165, 1.54) is 32.9 Å². The number of nitrogens with one attached hydrogen (secondary N) is 1. The molecule has 2 aromatic carbocycles. The molecular weight excluding hydrogens is 194 g/mol. The van der Waals surface area contributed by atoms with Gasteiger partial charge in [-0.1, -0.05) is 23.3 Å². The Kier molecular flexibility index (Phi) is 1.93. The SMILES string of the molecule is Cc1ccc2[nH+]c3ccc(C)cc3cc2c1. The lowest BCUT2D eigenvalue weighted by Crippen LogP contribution is -2.05. The lowest BCUT2D eigenvalue weighted by atomic mass is 10.1. The van der Waals surface area contributed by atoms with Crippen LogP contribution in [0.25, 0.3) is 21.8 Å². The van der Waals surface area contributed by atoms with Crippen LogP contribution in [0.1, 0.15) is 11.1 Å². The van der Waals surface area contributed by atoms with Gasteiger partial charge >= 0.3 is 0 Å². The molecule has 1 N–H and O–H groups in total. The van der Waals surface area contributed by atoms with E-state index in [1.54, 1.807) is 0 Å². The van der Waals surface area contributed by atoms with Crippen LogP contribution >= 0.6 is 0 Å². The monoisotopic (exact) mass is 208 g/mol. The van der Waals surface area contributed by atoms with Gasteiger partial charge in [-0.15, -0.1) is 0 Å². The lowest BCUT2D eigenvalue weighted by molar-refractivity contribution is -0.310. The fourth-order valence-electron chi connectivity index (χ4n) is 2.14. The second kappa shape index (κ2) is 3.31. The van der Waals surface area contributed by atoms with Crippen LogP contribution in [0.2, 0.25) is 0 Å². The number of fused-ring (bicyclic) bond motifs is 2. The van der Waals surface area contributed by atoms with Gasteiger partial charge in [0.1, 0.15) is 0 Å². The lowest BCUT2D eigenvalue weighted by Gasteiger charge is -1.98. The number of rotatable bonds is 0. The van der Waals surface area contributed by atoms with Crippen molar-refractivity contribution in [2.24, 2.45) is 0 Å². The summed E-state index contributed by atoms with van der Waals surface area (Å²) in [6, 6.07) is 15.2. The predicted octanol–water partition coefficient (Wildman–Crippen LogP) is 3.42. The zero-order chi connectivity index (χ0) is 11.1. The molecule has 78 valence electrons. The summed E-state index contributed by atoms with van der Waals surface area (Å²) in [5, 5.41) is 2.55. The summed E-state index contributed by atoms with van der Waals surface area (Å²) in [4.78, 5) is 3.46. The first-order valence-electron chi connectivity index (χ1n) is 5.55. The Balaban J connectivity index is 2.44. The highest BCUT2D eigenvalue weighted by Crippen LogP contribution is 2.18. The molecule has 0 atom stereocenters. The van der Waals surface area contributed by atoms with Crippen LogP contribution in [0.15, 0.2) is 42.5 Å². The Morgan fingerprint density at radius 3 is 1.69 bits per heavy atom. The van der Waals surface area contributed by atoms with Gasteiger partial charge in [0.15, 0.2) is 0 Å². The number of H-pyrrole nitrogens is 1. The highest BCUT2D eigenvalue weighted by molar-refractivity contribution is 5.88. The summed E-state index contributed by atoms with van der Waals surface area (Å²) in [7, 11) is 0. The van der Waals surface area contributed by atoms with Crippen molar-refractivity contribution in [3.8, 4) is 0 Å². The van der Waals surface area contributed by atoms with E-state index in [4.69, 9.17) is 0 Å². The van der Waals surface area contributed by atoms with E-state index in [9.17, 15) is 0 Å². The van der Waals surface area contributed by atoms with Gasteiger partial charge in [0.25, 0.3) is 0 Å². The topological polar surface area (TPSA) is 14.1 Å². The van der Waals surface area contributed by atoms with Crippen LogP contribution < -0.4 is 4.98 Å². The van der Waals surface area contributed by atoms with Crippen molar-refractivity contribution in [2.75, 3.05) is 0 Å². The number of aromatic amines is 1. The number of aromatic nitrogens is 1. The van der Waals surface area contributed by atoms with Crippen molar-refractivity contribution in [1.29, 1.82) is 0 Å². The Bertz CT molecular complexity index is 626. The Labute approximate surface area is 94.7 Å². The minimum absolute atomic E-state index is 1.20. The quantitative estimate of drug-likeness (QED) is 0.503. The van der Waals surface area contributed by atoms with Gasteiger partial charge < -0.3 is 0 Å².